The van der Waals surface area contributed by atoms with Gasteiger partial charge in [-0.05, 0) is 80.6 Å². The average molecular weight is 357 g/mol. The molecule has 1 aromatic rings. The molecule has 4 unspecified atom stereocenters. The second-order valence-corrected chi connectivity index (χ2v) is 8.48. The van der Waals surface area contributed by atoms with Crippen LogP contribution in [0.15, 0.2) is 24.3 Å². The van der Waals surface area contributed by atoms with E-state index in [0.29, 0.717) is 12.5 Å². The molecule has 1 N–H and O–H groups in total. The monoisotopic (exact) mass is 356 g/mol. The zero-order valence-corrected chi connectivity index (χ0v) is 16.0. The molecule has 0 spiro atoms. The number of carbonyl (C=O) groups is 1. The Morgan fingerprint density at radius 2 is 1.96 bits per heavy atom. The summed E-state index contributed by atoms with van der Waals surface area (Å²) in [5, 5.41) is 3.26. The molecule has 0 radical (unpaired) electrons. The highest BCUT2D eigenvalue weighted by molar-refractivity contribution is 5.76. The summed E-state index contributed by atoms with van der Waals surface area (Å²) in [5.74, 6) is 3.51. The number of nitrogens with one attached hydrogen (secondary N) is 1. The van der Waals surface area contributed by atoms with Crippen LogP contribution in [0.2, 0.25) is 0 Å². The number of fused-ring (bicyclic) bond motifs is 2. The van der Waals surface area contributed by atoms with Crippen LogP contribution in [0.1, 0.15) is 56.6 Å². The molecule has 142 valence electrons. The van der Waals surface area contributed by atoms with Gasteiger partial charge in [-0.3, -0.25) is 9.69 Å². The summed E-state index contributed by atoms with van der Waals surface area (Å²) in [5.41, 5.74) is 1.27. The van der Waals surface area contributed by atoms with E-state index < -0.39 is 0 Å². The molecule has 4 rings (SSSR count). The molecular formula is C22H32N2O2. The Morgan fingerprint density at radius 1 is 1.19 bits per heavy atom. The number of methoxy groups -OCH3 is 1. The van der Waals surface area contributed by atoms with Crippen molar-refractivity contribution in [2.24, 2.45) is 17.8 Å². The van der Waals surface area contributed by atoms with Crippen molar-refractivity contribution in [1.29, 1.82) is 0 Å². The first-order valence-electron chi connectivity index (χ1n) is 10.4. The first kappa shape index (κ1) is 17.8. The molecule has 1 amide bonds. The van der Waals surface area contributed by atoms with E-state index in [9.17, 15) is 4.79 Å². The molecule has 1 saturated heterocycles. The molecule has 2 saturated carbocycles. The van der Waals surface area contributed by atoms with Gasteiger partial charge in [0.05, 0.1) is 13.2 Å². The van der Waals surface area contributed by atoms with Crippen LogP contribution in [0.4, 0.5) is 0 Å². The van der Waals surface area contributed by atoms with E-state index in [0.717, 1.165) is 37.1 Å². The third-order valence-corrected chi connectivity index (χ3v) is 6.91. The van der Waals surface area contributed by atoms with Gasteiger partial charge in [0.1, 0.15) is 5.75 Å². The van der Waals surface area contributed by atoms with Gasteiger partial charge in [-0.15, -0.1) is 0 Å². The lowest BCUT2D eigenvalue weighted by Gasteiger charge is -2.29. The highest BCUT2D eigenvalue weighted by Gasteiger charge is 2.40. The highest BCUT2D eigenvalue weighted by Crippen LogP contribution is 2.49. The normalized spacial score (nSPS) is 29.0. The Bertz CT molecular complexity index is 609. The smallest absolute Gasteiger partial charge is 0.220 e. The van der Waals surface area contributed by atoms with E-state index in [4.69, 9.17) is 4.74 Å². The summed E-state index contributed by atoms with van der Waals surface area (Å²) in [6, 6.07) is 8.60. The lowest BCUT2D eigenvalue weighted by molar-refractivity contribution is -0.122. The molecule has 3 fully saturated rings. The van der Waals surface area contributed by atoms with Crippen LogP contribution in [0.25, 0.3) is 0 Å². The van der Waals surface area contributed by atoms with Crippen molar-refractivity contribution in [3.8, 4) is 5.75 Å². The summed E-state index contributed by atoms with van der Waals surface area (Å²) >= 11 is 0. The SMILES string of the molecule is COc1ccc(C(CNC(=O)CC2CC3CCC2C3)N2CCCC2)cc1. The fraction of sp³-hybridized carbons (Fsp3) is 0.682. The Morgan fingerprint density at radius 3 is 2.58 bits per heavy atom. The van der Waals surface area contributed by atoms with Crippen molar-refractivity contribution in [2.75, 3.05) is 26.7 Å². The molecule has 4 atom stereocenters. The molecular weight excluding hydrogens is 324 g/mol. The molecule has 1 heterocycles. The summed E-state index contributed by atoms with van der Waals surface area (Å²) in [6.45, 7) is 2.96. The van der Waals surface area contributed by atoms with Gasteiger partial charge in [0.25, 0.3) is 0 Å². The van der Waals surface area contributed by atoms with Gasteiger partial charge < -0.3 is 10.1 Å². The maximum Gasteiger partial charge on any atom is 0.220 e. The first-order chi connectivity index (χ1) is 12.7. The number of likely N-dealkylation sites (tertiary alicyclic amines) is 1. The van der Waals surface area contributed by atoms with E-state index in [2.05, 4.69) is 22.3 Å². The minimum Gasteiger partial charge on any atom is -0.497 e. The van der Waals surface area contributed by atoms with Crippen LogP contribution in [0.3, 0.4) is 0 Å². The molecule has 1 aromatic carbocycles. The summed E-state index contributed by atoms with van der Waals surface area (Å²) in [6.07, 6.45) is 8.66. The van der Waals surface area contributed by atoms with Gasteiger partial charge in [-0.1, -0.05) is 18.6 Å². The van der Waals surface area contributed by atoms with Crippen LogP contribution >= 0.6 is 0 Å². The highest BCUT2D eigenvalue weighted by atomic mass is 16.5. The number of ether oxygens (including phenoxy) is 1. The minimum absolute atomic E-state index is 0.250. The fourth-order valence-electron chi connectivity index (χ4n) is 5.48. The van der Waals surface area contributed by atoms with Gasteiger partial charge in [-0.25, -0.2) is 0 Å². The van der Waals surface area contributed by atoms with E-state index in [1.807, 2.05) is 12.1 Å². The fourth-order valence-corrected chi connectivity index (χ4v) is 5.48. The average Bonchev–Trinajstić information content (AvgIpc) is 3.41. The maximum absolute atomic E-state index is 12.6. The minimum atomic E-state index is 0.250. The van der Waals surface area contributed by atoms with Crippen molar-refractivity contribution in [2.45, 2.75) is 51.0 Å². The molecule has 2 bridgehead atoms. The number of carbonyl (C=O) groups excluding carboxylic acids is 1. The van der Waals surface area contributed by atoms with Crippen molar-refractivity contribution in [3.63, 3.8) is 0 Å². The first-order valence-corrected chi connectivity index (χ1v) is 10.4. The van der Waals surface area contributed by atoms with Gasteiger partial charge in [0.15, 0.2) is 0 Å². The number of benzene rings is 1. The van der Waals surface area contributed by atoms with E-state index >= 15 is 0 Å². The number of hydrogen-bond acceptors (Lipinski definition) is 3. The van der Waals surface area contributed by atoms with Crippen molar-refractivity contribution >= 4 is 5.91 Å². The lowest BCUT2D eigenvalue weighted by Crippen LogP contribution is -2.37. The summed E-state index contributed by atoms with van der Waals surface area (Å²) in [7, 11) is 1.70. The molecule has 2 aliphatic carbocycles. The Labute approximate surface area is 157 Å². The van der Waals surface area contributed by atoms with Crippen LogP contribution in [0, 0.1) is 17.8 Å². The van der Waals surface area contributed by atoms with Gasteiger partial charge in [0, 0.05) is 13.0 Å². The largest absolute Gasteiger partial charge is 0.497 e. The van der Waals surface area contributed by atoms with E-state index in [-0.39, 0.29) is 11.9 Å². The molecule has 0 aromatic heterocycles. The van der Waals surface area contributed by atoms with Gasteiger partial charge in [0.2, 0.25) is 5.91 Å². The standard InChI is InChI=1S/C22H32N2O2/c1-26-20-8-6-17(7-9-20)21(24-10-2-3-11-24)15-23-22(25)14-19-13-16-4-5-18(19)12-16/h6-9,16,18-19,21H,2-5,10-15H2,1H3,(H,23,25). The number of amides is 1. The maximum atomic E-state index is 12.6. The Hall–Kier alpha value is -1.55. The molecule has 3 aliphatic rings. The van der Waals surface area contributed by atoms with Gasteiger partial charge >= 0.3 is 0 Å². The van der Waals surface area contributed by atoms with Crippen molar-refractivity contribution in [3.05, 3.63) is 29.8 Å². The molecule has 4 heteroatoms. The van der Waals surface area contributed by atoms with Crippen molar-refractivity contribution in [1.82, 2.24) is 10.2 Å². The van der Waals surface area contributed by atoms with Gasteiger partial charge in [-0.2, -0.15) is 0 Å². The second-order valence-electron chi connectivity index (χ2n) is 8.48. The zero-order valence-electron chi connectivity index (χ0n) is 16.0. The van der Waals surface area contributed by atoms with E-state index in [1.54, 1.807) is 7.11 Å². The van der Waals surface area contributed by atoms with E-state index in [1.165, 1.54) is 44.1 Å². The van der Waals surface area contributed by atoms with Crippen LogP contribution in [-0.4, -0.2) is 37.6 Å². The Kier molecular flexibility index (Phi) is 5.49. The Balaban J connectivity index is 1.35. The topological polar surface area (TPSA) is 41.6 Å². The lowest BCUT2D eigenvalue weighted by atomic mass is 9.86. The quantitative estimate of drug-likeness (QED) is 0.808. The molecule has 4 nitrogen and oxygen atoms in total. The van der Waals surface area contributed by atoms with Crippen molar-refractivity contribution < 1.29 is 9.53 Å². The number of nitrogens with zero attached hydrogens (tertiary/aromatic N) is 1. The summed E-state index contributed by atoms with van der Waals surface area (Å²) in [4.78, 5) is 15.1. The second kappa shape index (κ2) is 7.99. The number of rotatable bonds is 7. The number of hydrogen-bond donors (Lipinski definition) is 1. The molecule has 26 heavy (non-hydrogen) atoms. The predicted molar refractivity (Wildman–Crippen MR) is 103 cm³/mol. The third-order valence-electron chi connectivity index (χ3n) is 6.91. The zero-order chi connectivity index (χ0) is 17.9. The molecule has 1 aliphatic heterocycles. The van der Waals surface area contributed by atoms with Crippen LogP contribution in [0.5, 0.6) is 5.75 Å². The summed E-state index contributed by atoms with van der Waals surface area (Å²) < 4.78 is 5.29. The predicted octanol–water partition coefficient (Wildman–Crippen LogP) is 3.77. The van der Waals surface area contributed by atoms with Crippen LogP contribution in [-0.2, 0) is 4.79 Å². The van der Waals surface area contributed by atoms with Crippen LogP contribution < -0.4 is 10.1 Å². The third kappa shape index (κ3) is 3.90.